The summed E-state index contributed by atoms with van der Waals surface area (Å²) < 4.78 is 11.5. The summed E-state index contributed by atoms with van der Waals surface area (Å²) in [4.78, 5) is 15.4. The minimum absolute atomic E-state index is 0.0281. The van der Waals surface area contributed by atoms with Gasteiger partial charge in [-0.3, -0.25) is 9.36 Å². The van der Waals surface area contributed by atoms with Crippen molar-refractivity contribution in [2.45, 2.75) is 32.7 Å². The Morgan fingerprint density at radius 1 is 1.09 bits per heavy atom. The Morgan fingerprint density at radius 2 is 1.82 bits per heavy atom. The number of aromatic nitrogens is 2. The van der Waals surface area contributed by atoms with Crippen molar-refractivity contribution in [1.82, 2.24) is 4.57 Å². The Bertz CT molecular complexity index is 1580. The molecule has 168 valence electrons. The molecule has 33 heavy (non-hydrogen) atoms. The number of nitrogens with zero attached hydrogens (tertiary/aromatic N) is 3. The minimum Gasteiger partial charge on any atom is -0.398 e. The Labute approximate surface area is 196 Å². The smallest absolute Gasteiger partial charge is 0.376 e. The number of aryl methyl sites for hydroxylation is 1. The lowest BCUT2D eigenvalue weighted by Crippen LogP contribution is -2.33. The fourth-order valence-corrected chi connectivity index (χ4v) is 5.81. The quantitative estimate of drug-likeness (QED) is 0.442. The molecule has 2 aromatic carbocycles. The second kappa shape index (κ2) is 7.89. The van der Waals surface area contributed by atoms with Crippen LogP contribution >= 0.6 is 11.3 Å². The van der Waals surface area contributed by atoms with E-state index in [0.29, 0.717) is 6.54 Å². The third-order valence-electron chi connectivity index (χ3n) is 6.60. The maximum absolute atomic E-state index is 13.2. The van der Waals surface area contributed by atoms with Crippen molar-refractivity contribution in [3.8, 4) is 0 Å². The average Bonchev–Trinajstić information content (AvgIpc) is 3.35. The zero-order valence-electron chi connectivity index (χ0n) is 19.6. The second-order valence-corrected chi connectivity index (χ2v) is 9.95. The van der Waals surface area contributed by atoms with Crippen molar-refractivity contribution < 1.29 is 8.98 Å². The predicted molar refractivity (Wildman–Crippen MR) is 135 cm³/mol. The van der Waals surface area contributed by atoms with Crippen LogP contribution in [0, 0.1) is 0 Å². The van der Waals surface area contributed by atoms with Crippen LogP contribution in [0.5, 0.6) is 0 Å². The lowest BCUT2D eigenvalue weighted by Gasteiger charge is -2.23. The number of allylic oxidation sites excluding steroid dienone is 2. The van der Waals surface area contributed by atoms with Gasteiger partial charge in [-0.15, -0.1) is 11.3 Å². The maximum atomic E-state index is 13.2. The molecule has 0 spiro atoms. The molecular formula is C27H28N3O2S+. The zero-order chi connectivity index (χ0) is 23.3. The van der Waals surface area contributed by atoms with Crippen molar-refractivity contribution in [1.29, 1.82) is 0 Å². The van der Waals surface area contributed by atoms with E-state index >= 15 is 0 Å². The largest absolute Gasteiger partial charge is 0.398 e. The highest BCUT2D eigenvalue weighted by Crippen LogP contribution is 2.46. The lowest BCUT2D eigenvalue weighted by molar-refractivity contribution is -0.652. The van der Waals surface area contributed by atoms with Crippen LogP contribution in [-0.4, -0.2) is 11.6 Å². The summed E-state index contributed by atoms with van der Waals surface area (Å²) in [5, 5.41) is 0. The molecule has 0 radical (unpaired) electrons. The number of para-hydroxylation sites is 3. The lowest BCUT2D eigenvalue weighted by atomic mass is 9.84. The zero-order valence-corrected chi connectivity index (χ0v) is 20.4. The molecule has 0 amide bonds. The molecule has 0 bridgehead atoms. The molecule has 3 heterocycles. The number of likely N-dealkylation sites (N-methyl/N-ethyl adjacent to an activating group) is 1. The molecule has 0 atom stereocenters. The molecular weight excluding hydrogens is 430 g/mol. The van der Waals surface area contributed by atoms with E-state index in [1.165, 1.54) is 28.3 Å². The van der Waals surface area contributed by atoms with E-state index in [1.54, 1.807) is 4.57 Å². The average molecular weight is 459 g/mol. The summed E-state index contributed by atoms with van der Waals surface area (Å²) in [5.41, 5.74) is 5.44. The van der Waals surface area contributed by atoms with Crippen LogP contribution in [0.4, 0.5) is 5.69 Å². The van der Waals surface area contributed by atoms with Crippen molar-refractivity contribution in [3.05, 3.63) is 91.3 Å². The molecule has 4 aromatic rings. The van der Waals surface area contributed by atoms with Gasteiger partial charge in [0.15, 0.2) is 0 Å². The first-order valence-electron chi connectivity index (χ1n) is 11.2. The number of benzene rings is 2. The van der Waals surface area contributed by atoms with Crippen LogP contribution in [0.2, 0.25) is 0 Å². The fourth-order valence-electron chi connectivity index (χ4n) is 4.77. The van der Waals surface area contributed by atoms with Gasteiger partial charge in [0.25, 0.3) is 11.1 Å². The Morgan fingerprint density at radius 3 is 2.55 bits per heavy atom. The summed E-state index contributed by atoms with van der Waals surface area (Å²) in [6.45, 7) is 7.06. The normalized spacial score (nSPS) is 17.5. The van der Waals surface area contributed by atoms with Gasteiger partial charge < -0.3 is 9.32 Å². The van der Waals surface area contributed by atoms with Gasteiger partial charge in [0, 0.05) is 36.5 Å². The highest BCUT2D eigenvalue weighted by molar-refractivity contribution is 7.07. The van der Waals surface area contributed by atoms with Crippen LogP contribution in [0.3, 0.4) is 0 Å². The first kappa shape index (κ1) is 21.5. The summed E-state index contributed by atoms with van der Waals surface area (Å²) >= 11 is 1.50. The molecule has 1 aliphatic heterocycles. The number of anilines is 1. The fraction of sp³-hybridized carbons (Fsp3) is 0.259. The van der Waals surface area contributed by atoms with Crippen LogP contribution in [-0.2, 0) is 19.0 Å². The summed E-state index contributed by atoms with van der Waals surface area (Å²) in [6.07, 6.45) is 6.02. The van der Waals surface area contributed by atoms with Gasteiger partial charge >= 0.3 is 5.89 Å². The van der Waals surface area contributed by atoms with Gasteiger partial charge in [-0.05, 0) is 36.8 Å². The summed E-state index contributed by atoms with van der Waals surface area (Å²) in [5.74, 6) is 0.719. The molecule has 1 aliphatic rings. The molecule has 6 heteroatoms. The standard InChI is InChI=1S/C27H28N3O2S/c1-6-30-25(17-24-29(5)20-13-9-10-14-21(20)32-24)33-22(26(30)31)15-16-23-27(2,3)18-11-7-8-12-19(18)28(23)4/h7-17H,6H2,1-5H3/q+1/b22-15-,23-16+. The molecule has 2 aromatic heterocycles. The van der Waals surface area contributed by atoms with Crippen LogP contribution < -0.4 is 24.2 Å². The van der Waals surface area contributed by atoms with Crippen LogP contribution in [0.1, 0.15) is 32.2 Å². The highest BCUT2D eigenvalue weighted by atomic mass is 32.1. The summed E-state index contributed by atoms with van der Waals surface area (Å²) in [6, 6.07) is 16.4. The molecule has 0 unspecified atom stereocenters. The number of rotatable bonds is 3. The van der Waals surface area contributed by atoms with Crippen molar-refractivity contribution in [2.24, 2.45) is 7.05 Å². The molecule has 0 saturated heterocycles. The van der Waals surface area contributed by atoms with E-state index in [2.05, 4.69) is 56.1 Å². The SMILES string of the molecule is CCn1c(=O)/c(=C/C=C2/N(C)c3ccccc3C2(C)C)s/c1=C\c1oc2ccccc2[n+]1C. The van der Waals surface area contributed by atoms with Gasteiger partial charge in [-0.2, -0.15) is 4.57 Å². The predicted octanol–water partition coefficient (Wildman–Crippen LogP) is 3.42. The van der Waals surface area contributed by atoms with E-state index in [9.17, 15) is 4.79 Å². The number of fused-ring (bicyclic) bond motifs is 2. The van der Waals surface area contributed by atoms with Gasteiger partial charge in [-0.25, -0.2) is 0 Å². The van der Waals surface area contributed by atoms with Gasteiger partial charge in [-0.1, -0.05) is 44.2 Å². The van der Waals surface area contributed by atoms with E-state index in [1.807, 2.05) is 55.0 Å². The van der Waals surface area contributed by atoms with Crippen LogP contribution in [0.15, 0.2) is 69.5 Å². The Hall–Kier alpha value is -3.38. The number of hydrogen-bond acceptors (Lipinski definition) is 4. The minimum atomic E-state index is -0.125. The summed E-state index contributed by atoms with van der Waals surface area (Å²) in [7, 11) is 4.07. The topological polar surface area (TPSA) is 42.3 Å². The Kier molecular flexibility index (Phi) is 5.13. The molecule has 0 N–H and O–H groups in total. The number of thiazole rings is 1. The monoisotopic (exact) mass is 458 g/mol. The van der Waals surface area contributed by atoms with E-state index < -0.39 is 0 Å². The van der Waals surface area contributed by atoms with E-state index in [4.69, 9.17) is 4.42 Å². The highest BCUT2D eigenvalue weighted by Gasteiger charge is 2.37. The van der Waals surface area contributed by atoms with Gasteiger partial charge in [0.2, 0.25) is 5.58 Å². The van der Waals surface area contributed by atoms with Gasteiger partial charge in [0.05, 0.1) is 10.6 Å². The van der Waals surface area contributed by atoms with Gasteiger partial charge in [0.1, 0.15) is 11.7 Å². The third-order valence-corrected chi connectivity index (χ3v) is 7.68. The van der Waals surface area contributed by atoms with Crippen molar-refractivity contribution in [2.75, 3.05) is 11.9 Å². The van der Waals surface area contributed by atoms with Crippen molar-refractivity contribution >= 4 is 40.3 Å². The first-order valence-corrected chi connectivity index (χ1v) is 12.0. The van der Waals surface area contributed by atoms with Crippen molar-refractivity contribution in [3.63, 3.8) is 0 Å². The third kappa shape index (κ3) is 3.37. The molecule has 5 rings (SSSR count). The molecule has 0 aliphatic carbocycles. The van der Waals surface area contributed by atoms with E-state index in [-0.39, 0.29) is 11.0 Å². The first-order chi connectivity index (χ1) is 15.8. The molecule has 0 saturated carbocycles. The Balaban J connectivity index is 1.63. The number of oxazole rings is 1. The maximum Gasteiger partial charge on any atom is 0.376 e. The van der Waals surface area contributed by atoms with Crippen LogP contribution in [0.25, 0.3) is 23.3 Å². The number of hydrogen-bond donors (Lipinski definition) is 0. The molecule has 5 nitrogen and oxygen atoms in total. The van der Waals surface area contributed by atoms with E-state index in [0.717, 1.165) is 26.2 Å². The second-order valence-electron chi connectivity index (χ2n) is 8.89. The molecule has 0 fully saturated rings.